The van der Waals surface area contributed by atoms with Gasteiger partial charge >= 0.3 is 12.1 Å². The predicted octanol–water partition coefficient (Wildman–Crippen LogP) is 0.204. The average molecular weight is 219 g/mol. The minimum atomic E-state index is -1.45. The monoisotopic (exact) mass is 219 g/mol. The summed E-state index contributed by atoms with van der Waals surface area (Å²) in [7, 11) is 0. The third kappa shape index (κ3) is 7.75. The SMILES string of the molecule is CC(C)COC(=O)NCCC(O)C(=O)O. The number of carboxylic acids is 1. The van der Waals surface area contributed by atoms with Crippen molar-refractivity contribution < 1.29 is 24.5 Å². The Labute approximate surface area is 88.2 Å². The Balaban J connectivity index is 3.51. The molecule has 1 atom stereocenters. The van der Waals surface area contributed by atoms with Crippen molar-refractivity contribution in [1.82, 2.24) is 5.32 Å². The first-order chi connectivity index (χ1) is 6.93. The van der Waals surface area contributed by atoms with Gasteiger partial charge in [-0.1, -0.05) is 13.8 Å². The van der Waals surface area contributed by atoms with Crippen LogP contribution in [0, 0.1) is 5.92 Å². The van der Waals surface area contributed by atoms with Crippen molar-refractivity contribution in [2.24, 2.45) is 5.92 Å². The van der Waals surface area contributed by atoms with Crippen LogP contribution in [-0.2, 0) is 9.53 Å². The largest absolute Gasteiger partial charge is 0.479 e. The zero-order chi connectivity index (χ0) is 11.8. The molecule has 0 aromatic heterocycles. The lowest BCUT2D eigenvalue weighted by molar-refractivity contribution is -0.146. The van der Waals surface area contributed by atoms with E-state index < -0.39 is 18.2 Å². The number of carbonyl (C=O) groups excluding carboxylic acids is 1. The fourth-order valence-electron chi connectivity index (χ4n) is 0.728. The maximum atomic E-state index is 10.9. The van der Waals surface area contributed by atoms with E-state index in [0.717, 1.165) is 0 Å². The molecule has 1 amide bonds. The molecule has 6 nitrogen and oxygen atoms in total. The molecule has 0 aliphatic heterocycles. The number of ether oxygens (including phenoxy) is 1. The first kappa shape index (κ1) is 13.7. The molecule has 0 saturated carbocycles. The van der Waals surface area contributed by atoms with Gasteiger partial charge in [-0.3, -0.25) is 0 Å². The van der Waals surface area contributed by atoms with Crippen LogP contribution in [0.1, 0.15) is 20.3 Å². The topological polar surface area (TPSA) is 95.9 Å². The lowest BCUT2D eigenvalue weighted by Crippen LogP contribution is -2.31. The van der Waals surface area contributed by atoms with Crippen LogP contribution in [0.5, 0.6) is 0 Å². The Morgan fingerprint density at radius 1 is 1.40 bits per heavy atom. The van der Waals surface area contributed by atoms with Crippen LogP contribution in [-0.4, -0.2) is 41.5 Å². The van der Waals surface area contributed by atoms with E-state index in [9.17, 15) is 9.59 Å². The van der Waals surface area contributed by atoms with Gasteiger partial charge in [0.2, 0.25) is 0 Å². The van der Waals surface area contributed by atoms with Crippen LogP contribution < -0.4 is 5.32 Å². The summed E-state index contributed by atoms with van der Waals surface area (Å²) in [6, 6.07) is 0. The molecule has 0 aromatic rings. The third-order valence-electron chi connectivity index (χ3n) is 1.52. The molecule has 0 saturated heterocycles. The van der Waals surface area contributed by atoms with Crippen LogP contribution >= 0.6 is 0 Å². The highest BCUT2D eigenvalue weighted by molar-refractivity contribution is 5.72. The van der Waals surface area contributed by atoms with Crippen LogP contribution in [0.2, 0.25) is 0 Å². The van der Waals surface area contributed by atoms with Gasteiger partial charge in [0.15, 0.2) is 6.10 Å². The first-order valence-corrected chi connectivity index (χ1v) is 4.75. The molecule has 0 spiro atoms. The van der Waals surface area contributed by atoms with Gasteiger partial charge in [-0.05, 0) is 5.92 Å². The summed E-state index contributed by atoms with van der Waals surface area (Å²) in [5.74, 6) is -1.05. The molecule has 0 radical (unpaired) electrons. The minimum absolute atomic E-state index is 0.0356. The minimum Gasteiger partial charge on any atom is -0.479 e. The van der Waals surface area contributed by atoms with Gasteiger partial charge in [0.05, 0.1) is 6.61 Å². The molecule has 1 unspecified atom stereocenters. The molecular weight excluding hydrogens is 202 g/mol. The van der Waals surface area contributed by atoms with Gasteiger partial charge in [0.25, 0.3) is 0 Å². The van der Waals surface area contributed by atoms with Crippen LogP contribution in [0.3, 0.4) is 0 Å². The summed E-state index contributed by atoms with van der Waals surface area (Å²) in [6.07, 6.45) is -2.08. The molecule has 6 heteroatoms. The van der Waals surface area contributed by atoms with E-state index in [1.807, 2.05) is 13.8 Å². The normalized spacial score (nSPS) is 12.3. The average Bonchev–Trinajstić information content (AvgIpc) is 2.14. The van der Waals surface area contributed by atoms with Gasteiger partial charge in [0.1, 0.15) is 0 Å². The Morgan fingerprint density at radius 2 is 2.00 bits per heavy atom. The van der Waals surface area contributed by atoms with Crippen LogP contribution in [0.15, 0.2) is 0 Å². The summed E-state index contributed by atoms with van der Waals surface area (Å²) < 4.78 is 4.77. The molecule has 88 valence electrons. The number of aliphatic carboxylic acids is 1. The number of aliphatic hydroxyl groups excluding tert-OH is 1. The quantitative estimate of drug-likeness (QED) is 0.593. The number of carbonyl (C=O) groups is 2. The van der Waals surface area contributed by atoms with E-state index in [2.05, 4.69) is 5.32 Å². The van der Waals surface area contributed by atoms with E-state index in [0.29, 0.717) is 6.61 Å². The number of amides is 1. The smallest absolute Gasteiger partial charge is 0.407 e. The molecule has 0 aliphatic carbocycles. The summed E-state index contributed by atoms with van der Waals surface area (Å²) in [4.78, 5) is 21.1. The van der Waals surface area contributed by atoms with Crippen LogP contribution in [0.4, 0.5) is 4.79 Å². The van der Waals surface area contributed by atoms with Crippen molar-refractivity contribution in [3.63, 3.8) is 0 Å². The van der Waals surface area contributed by atoms with Crippen molar-refractivity contribution >= 4 is 12.1 Å². The fourth-order valence-corrected chi connectivity index (χ4v) is 0.728. The number of nitrogens with one attached hydrogen (secondary N) is 1. The van der Waals surface area contributed by atoms with Crippen molar-refractivity contribution in [3.8, 4) is 0 Å². The van der Waals surface area contributed by atoms with E-state index in [1.165, 1.54) is 0 Å². The second kappa shape index (κ2) is 7.05. The fraction of sp³-hybridized carbons (Fsp3) is 0.778. The number of hydrogen-bond acceptors (Lipinski definition) is 4. The van der Waals surface area contributed by atoms with Gasteiger partial charge < -0.3 is 20.3 Å². The summed E-state index contributed by atoms with van der Waals surface area (Å²) >= 11 is 0. The molecule has 0 rings (SSSR count). The number of rotatable bonds is 6. The molecule has 3 N–H and O–H groups in total. The molecular formula is C9H17NO5. The number of hydrogen-bond donors (Lipinski definition) is 3. The lowest BCUT2D eigenvalue weighted by atomic mass is 10.2. The molecule has 15 heavy (non-hydrogen) atoms. The van der Waals surface area contributed by atoms with Crippen molar-refractivity contribution in [1.29, 1.82) is 0 Å². The van der Waals surface area contributed by atoms with E-state index in [-0.39, 0.29) is 18.9 Å². The van der Waals surface area contributed by atoms with Crippen LogP contribution in [0.25, 0.3) is 0 Å². The maximum absolute atomic E-state index is 10.9. The molecule has 0 aromatic carbocycles. The van der Waals surface area contributed by atoms with E-state index in [4.69, 9.17) is 14.9 Å². The Hall–Kier alpha value is -1.30. The number of alkyl carbamates (subject to hydrolysis) is 1. The summed E-state index contributed by atoms with van der Waals surface area (Å²) in [6.45, 7) is 4.20. The highest BCUT2D eigenvalue weighted by atomic mass is 16.5. The van der Waals surface area contributed by atoms with Gasteiger partial charge in [-0.25, -0.2) is 9.59 Å². The second-order valence-corrected chi connectivity index (χ2v) is 3.56. The highest BCUT2D eigenvalue weighted by Gasteiger charge is 2.13. The molecule has 0 bridgehead atoms. The number of carboxylic acid groups (broad SMARTS) is 1. The predicted molar refractivity (Wildman–Crippen MR) is 52.4 cm³/mol. The highest BCUT2D eigenvalue weighted by Crippen LogP contribution is 1.93. The van der Waals surface area contributed by atoms with Gasteiger partial charge in [0, 0.05) is 13.0 Å². The van der Waals surface area contributed by atoms with Crippen molar-refractivity contribution in [3.05, 3.63) is 0 Å². The Bertz CT molecular complexity index is 217. The summed E-state index contributed by atoms with van der Waals surface area (Å²) in [5, 5.41) is 19.5. The lowest BCUT2D eigenvalue weighted by Gasteiger charge is -2.09. The van der Waals surface area contributed by atoms with Gasteiger partial charge in [-0.2, -0.15) is 0 Å². The Kier molecular flexibility index (Phi) is 6.44. The summed E-state index contributed by atoms with van der Waals surface area (Å²) in [5.41, 5.74) is 0. The number of aliphatic hydroxyl groups is 1. The van der Waals surface area contributed by atoms with Crippen molar-refractivity contribution in [2.75, 3.05) is 13.2 Å². The maximum Gasteiger partial charge on any atom is 0.407 e. The molecule has 0 aliphatic rings. The van der Waals surface area contributed by atoms with E-state index >= 15 is 0 Å². The van der Waals surface area contributed by atoms with Gasteiger partial charge in [-0.15, -0.1) is 0 Å². The van der Waals surface area contributed by atoms with E-state index in [1.54, 1.807) is 0 Å². The first-order valence-electron chi connectivity index (χ1n) is 4.75. The zero-order valence-electron chi connectivity index (χ0n) is 8.90. The zero-order valence-corrected chi connectivity index (χ0v) is 8.90. The molecule has 0 fully saturated rings. The second-order valence-electron chi connectivity index (χ2n) is 3.56. The molecule has 0 heterocycles. The standard InChI is InChI=1S/C9H17NO5/c1-6(2)5-15-9(14)10-4-3-7(11)8(12)13/h6-7,11H,3-5H2,1-2H3,(H,10,14)(H,12,13). The Morgan fingerprint density at radius 3 is 2.47 bits per heavy atom. The van der Waals surface area contributed by atoms with Crippen molar-refractivity contribution in [2.45, 2.75) is 26.4 Å². The third-order valence-corrected chi connectivity index (χ3v) is 1.52.